The van der Waals surface area contributed by atoms with Crippen molar-refractivity contribution in [3.05, 3.63) is 76.2 Å². The molecule has 1 heterocycles. The smallest absolute Gasteiger partial charge is 0.398 e. The lowest BCUT2D eigenvalue weighted by Gasteiger charge is -2.26. The highest BCUT2D eigenvalue weighted by molar-refractivity contribution is 6.31. The molecule has 0 radical (unpaired) electrons. The Hall–Kier alpha value is -3.48. The molecule has 0 bridgehead atoms. The molecule has 0 aliphatic rings. The number of nitrogens with zero attached hydrogens (tertiary/aromatic N) is 1. The van der Waals surface area contributed by atoms with Crippen LogP contribution in [0.5, 0.6) is 11.5 Å². The van der Waals surface area contributed by atoms with Crippen LogP contribution in [0.1, 0.15) is 34.5 Å². The van der Waals surface area contributed by atoms with E-state index in [2.05, 4.69) is 10.3 Å². The topological polar surface area (TPSA) is 107 Å². The maximum Gasteiger partial charge on any atom is 0.398 e. The molecule has 13 heteroatoms. The van der Waals surface area contributed by atoms with Crippen molar-refractivity contribution in [2.45, 2.75) is 24.6 Å². The number of aromatic nitrogens is 1. The van der Waals surface area contributed by atoms with E-state index in [1.165, 1.54) is 50.4 Å². The number of hydrogen-bond donors (Lipinski definition) is 3. The number of ether oxygens (including phenoxy) is 2. The van der Waals surface area contributed by atoms with E-state index < -0.39 is 48.3 Å². The Labute approximate surface area is 232 Å². The first kappa shape index (κ1) is 31.1. The fourth-order valence-corrected chi connectivity index (χ4v) is 3.89. The second-order valence-corrected chi connectivity index (χ2v) is 9.50. The number of methoxy groups -OCH3 is 1. The minimum Gasteiger partial charge on any atom is -0.493 e. The van der Waals surface area contributed by atoms with Gasteiger partial charge in [0.25, 0.3) is 5.91 Å². The molecule has 2 unspecified atom stereocenters. The summed E-state index contributed by atoms with van der Waals surface area (Å²) in [4.78, 5) is 16.9. The second-order valence-electron chi connectivity index (χ2n) is 9.09. The lowest BCUT2D eigenvalue weighted by atomic mass is 9.90. The van der Waals surface area contributed by atoms with Crippen molar-refractivity contribution in [1.29, 1.82) is 0 Å². The molecule has 1 amide bonds. The first-order valence-electron chi connectivity index (χ1n) is 11.9. The van der Waals surface area contributed by atoms with Gasteiger partial charge >= 0.3 is 6.18 Å². The zero-order chi connectivity index (χ0) is 29.7. The van der Waals surface area contributed by atoms with Gasteiger partial charge in [0.05, 0.1) is 35.7 Å². The SMILES string of the molecule is COc1cc(C(=O)NCC(c2cc(C(C)(N)CF)cc(-c3ccc(F)c(Cl)c3)n2)C(F)(F)F)ccc1OCCO. The summed E-state index contributed by atoms with van der Waals surface area (Å²) in [6.07, 6.45) is -4.88. The number of nitrogens with one attached hydrogen (secondary N) is 1. The third-order valence-corrected chi connectivity index (χ3v) is 6.28. The van der Waals surface area contributed by atoms with Crippen molar-refractivity contribution in [1.82, 2.24) is 10.3 Å². The molecule has 2 aromatic carbocycles. The summed E-state index contributed by atoms with van der Waals surface area (Å²) in [5, 5.41) is 10.9. The number of halogens is 6. The Balaban J connectivity index is 1.98. The number of pyridine rings is 1. The number of aliphatic hydroxyl groups is 1. The van der Waals surface area contributed by atoms with Gasteiger partial charge < -0.3 is 25.6 Å². The average Bonchev–Trinajstić information content (AvgIpc) is 2.92. The van der Waals surface area contributed by atoms with Gasteiger partial charge in [0.15, 0.2) is 11.5 Å². The van der Waals surface area contributed by atoms with Crippen molar-refractivity contribution in [3.8, 4) is 22.8 Å². The number of rotatable bonds is 11. The van der Waals surface area contributed by atoms with Crippen molar-refractivity contribution < 1.29 is 41.3 Å². The van der Waals surface area contributed by atoms with E-state index in [1.807, 2.05) is 0 Å². The molecular weight excluding hydrogens is 561 g/mol. The lowest BCUT2D eigenvalue weighted by molar-refractivity contribution is -0.149. The number of carbonyl (C=O) groups is 1. The summed E-state index contributed by atoms with van der Waals surface area (Å²) in [5.41, 5.74) is 3.97. The van der Waals surface area contributed by atoms with Crippen LogP contribution < -0.4 is 20.5 Å². The van der Waals surface area contributed by atoms with Crippen molar-refractivity contribution >= 4 is 17.5 Å². The fourth-order valence-electron chi connectivity index (χ4n) is 3.71. The van der Waals surface area contributed by atoms with Crippen LogP contribution in [-0.2, 0) is 5.54 Å². The minimum absolute atomic E-state index is 0.00978. The van der Waals surface area contributed by atoms with E-state index >= 15 is 0 Å². The first-order valence-corrected chi connectivity index (χ1v) is 12.3. The number of amides is 1. The van der Waals surface area contributed by atoms with Crippen LogP contribution in [0, 0.1) is 5.82 Å². The van der Waals surface area contributed by atoms with Gasteiger partial charge in [-0.05, 0) is 61.0 Å². The standard InChI is InChI=1S/C27H27ClF5N3O4/c1-26(34,14-29)17-11-21(15-3-5-20(30)19(28)9-15)36-22(12-17)18(27(31,32)33)13-35-25(38)16-4-6-23(40-8-7-37)24(10-16)39-2/h3-6,9-12,18,37H,7-8,13-14,34H2,1-2H3,(H,35,38). The van der Waals surface area contributed by atoms with E-state index in [4.69, 9.17) is 31.9 Å². The van der Waals surface area contributed by atoms with Gasteiger partial charge in [-0.3, -0.25) is 9.78 Å². The van der Waals surface area contributed by atoms with Crippen LogP contribution in [0.3, 0.4) is 0 Å². The van der Waals surface area contributed by atoms with Crippen molar-refractivity contribution in [3.63, 3.8) is 0 Å². The van der Waals surface area contributed by atoms with Gasteiger partial charge in [0, 0.05) is 17.7 Å². The molecule has 3 aromatic rings. The summed E-state index contributed by atoms with van der Waals surface area (Å²) >= 11 is 5.85. The van der Waals surface area contributed by atoms with Crippen LogP contribution in [0.15, 0.2) is 48.5 Å². The largest absolute Gasteiger partial charge is 0.493 e. The molecule has 0 spiro atoms. The number of benzene rings is 2. The van der Waals surface area contributed by atoms with Crippen LogP contribution in [0.4, 0.5) is 22.0 Å². The van der Waals surface area contributed by atoms with Gasteiger partial charge in [-0.15, -0.1) is 0 Å². The quantitative estimate of drug-likeness (QED) is 0.268. The number of nitrogens with two attached hydrogens (primary N) is 1. The molecule has 0 fully saturated rings. The second kappa shape index (κ2) is 12.8. The monoisotopic (exact) mass is 587 g/mol. The Morgan fingerprint density at radius 3 is 2.48 bits per heavy atom. The molecule has 7 nitrogen and oxygen atoms in total. The molecule has 0 aliphatic heterocycles. The Morgan fingerprint density at radius 2 is 1.88 bits per heavy atom. The normalized spacial score (nSPS) is 13.8. The molecule has 4 N–H and O–H groups in total. The molecule has 0 saturated heterocycles. The van der Waals surface area contributed by atoms with Crippen LogP contribution >= 0.6 is 11.6 Å². The van der Waals surface area contributed by atoms with Gasteiger partial charge in [-0.2, -0.15) is 13.2 Å². The molecule has 0 saturated carbocycles. The van der Waals surface area contributed by atoms with E-state index in [1.54, 1.807) is 0 Å². The van der Waals surface area contributed by atoms with E-state index in [-0.39, 0.29) is 52.1 Å². The summed E-state index contributed by atoms with van der Waals surface area (Å²) in [6, 6.07) is 9.81. The van der Waals surface area contributed by atoms with Gasteiger partial charge in [0.1, 0.15) is 25.0 Å². The van der Waals surface area contributed by atoms with Crippen molar-refractivity contribution in [2.75, 3.05) is 33.5 Å². The van der Waals surface area contributed by atoms with E-state index in [9.17, 15) is 26.7 Å². The summed E-state index contributed by atoms with van der Waals surface area (Å²) in [6.45, 7) is -0.988. The summed E-state index contributed by atoms with van der Waals surface area (Å²) in [7, 11) is 1.32. The molecule has 216 valence electrons. The van der Waals surface area contributed by atoms with Crippen LogP contribution in [-0.4, -0.2) is 55.7 Å². The maximum atomic E-state index is 14.3. The van der Waals surface area contributed by atoms with Gasteiger partial charge in [0.2, 0.25) is 0 Å². The van der Waals surface area contributed by atoms with Crippen LogP contribution in [0.25, 0.3) is 11.3 Å². The van der Waals surface area contributed by atoms with Crippen LogP contribution in [0.2, 0.25) is 5.02 Å². The molecule has 3 rings (SSSR count). The van der Waals surface area contributed by atoms with E-state index in [0.717, 1.165) is 12.1 Å². The van der Waals surface area contributed by atoms with Gasteiger partial charge in [-0.1, -0.05) is 11.6 Å². The van der Waals surface area contributed by atoms with Gasteiger partial charge in [-0.25, -0.2) is 8.78 Å². The Kier molecular flexibility index (Phi) is 9.93. The highest BCUT2D eigenvalue weighted by Gasteiger charge is 2.42. The minimum atomic E-state index is -4.88. The molecule has 1 aromatic heterocycles. The predicted molar refractivity (Wildman–Crippen MR) is 139 cm³/mol. The highest BCUT2D eigenvalue weighted by atomic mass is 35.5. The molecule has 40 heavy (non-hydrogen) atoms. The highest BCUT2D eigenvalue weighted by Crippen LogP contribution is 2.37. The fraction of sp³-hybridized carbons (Fsp3) is 0.333. The predicted octanol–water partition coefficient (Wildman–Crippen LogP) is 5.14. The number of hydrogen-bond acceptors (Lipinski definition) is 6. The van der Waals surface area contributed by atoms with E-state index in [0.29, 0.717) is 0 Å². The maximum absolute atomic E-state index is 14.3. The molecule has 0 aliphatic carbocycles. The zero-order valence-corrected chi connectivity index (χ0v) is 22.2. The molecular formula is C27H27ClF5N3O4. The average molecular weight is 588 g/mol. The van der Waals surface area contributed by atoms with Crippen molar-refractivity contribution in [2.24, 2.45) is 5.73 Å². The number of alkyl halides is 4. The number of carbonyl (C=O) groups excluding carboxylic acids is 1. The molecule has 2 atom stereocenters. The first-order chi connectivity index (χ1) is 18.8. The zero-order valence-electron chi connectivity index (χ0n) is 21.5. The Bertz CT molecular complexity index is 1350. The summed E-state index contributed by atoms with van der Waals surface area (Å²) < 4.78 is 80.8. The third-order valence-electron chi connectivity index (χ3n) is 5.99. The number of aliphatic hydroxyl groups excluding tert-OH is 1. The lowest BCUT2D eigenvalue weighted by Crippen LogP contribution is -2.37. The summed E-state index contributed by atoms with van der Waals surface area (Å²) in [5.74, 6) is -3.52. The third kappa shape index (κ3) is 7.38. The Morgan fingerprint density at radius 1 is 1.15 bits per heavy atom.